The quantitative estimate of drug-likeness (QED) is 0.160. The van der Waals surface area contributed by atoms with Gasteiger partial charge in [-0.25, -0.2) is 0 Å². The number of hydrogen-bond donors (Lipinski definition) is 0. The van der Waals surface area contributed by atoms with Crippen molar-refractivity contribution in [2.24, 2.45) is 0 Å². The number of nitrogens with zero attached hydrogens (tertiary/aromatic N) is 2. The minimum atomic E-state index is -0.151. The Morgan fingerprint density at radius 2 is 0.984 bits per heavy atom. The Bertz CT molecular complexity index is 2870. The van der Waals surface area contributed by atoms with Gasteiger partial charge in [0.1, 0.15) is 0 Å². The maximum Gasteiger partial charge on any atom is 0.333 e. The van der Waals surface area contributed by atoms with Crippen LogP contribution in [0.15, 0.2) is 103 Å². The molecule has 0 spiro atoms. The van der Waals surface area contributed by atoms with Gasteiger partial charge in [-0.3, -0.25) is 0 Å². The number of hydrogen-bond acceptors (Lipinski definition) is 2. The van der Waals surface area contributed by atoms with E-state index in [0.717, 1.165) is 0 Å². The third-order valence-corrected chi connectivity index (χ3v) is 15.8. The van der Waals surface area contributed by atoms with Crippen molar-refractivity contribution < 1.29 is 0 Å². The van der Waals surface area contributed by atoms with Crippen LogP contribution in [0.25, 0.3) is 22.3 Å². The summed E-state index contributed by atoms with van der Waals surface area (Å²) in [6, 6.07) is 41.6. The second-order valence-electron chi connectivity index (χ2n) is 24.7. The van der Waals surface area contributed by atoms with Crippen molar-refractivity contribution in [1.82, 2.24) is 0 Å². The first-order valence-electron chi connectivity index (χ1n) is 23.8. The molecule has 0 saturated carbocycles. The van der Waals surface area contributed by atoms with Crippen molar-refractivity contribution in [2.45, 2.75) is 156 Å². The molecule has 0 unspecified atom stereocenters. The fourth-order valence-electron chi connectivity index (χ4n) is 11.7. The lowest BCUT2D eigenvalue weighted by Crippen LogP contribution is -2.61. The smallest absolute Gasteiger partial charge is 0.333 e. The lowest BCUT2D eigenvalue weighted by molar-refractivity contribution is 0.331. The number of rotatable bonds is 2. The fraction of sp³-hybridized carbons (Fsp3) is 0.400. The second-order valence-corrected chi connectivity index (χ2v) is 24.7. The summed E-state index contributed by atoms with van der Waals surface area (Å²) in [6.07, 6.45) is 2.41. The van der Waals surface area contributed by atoms with Crippen LogP contribution < -0.4 is 20.6 Å². The molecule has 0 radical (unpaired) electrons. The van der Waals surface area contributed by atoms with Crippen LogP contribution in [0.3, 0.4) is 0 Å². The molecule has 2 heterocycles. The SMILES string of the molecule is Cc1cc2c3c(c1)N(c1ccc(C(C)(C)C)cc1)c1ccc(C(C)(C)C)cc1B3N(c1ccc(C(C)(C)C)cc1)c1ccc3c(c1-2)-c1cc2c(cc1C3(C)C)C(C)(C)CCC2(C)C. The molecule has 2 aliphatic heterocycles. The van der Waals surface area contributed by atoms with Gasteiger partial charge < -0.3 is 9.71 Å². The van der Waals surface area contributed by atoms with Gasteiger partial charge in [0.2, 0.25) is 0 Å². The standard InChI is InChI=1S/C60H69BN2/c1-36-31-43-53-50(28-26-44-52(53)42-34-46-47(35-45(42)60(44,15)16)59(13,14)30-29-58(46,11)12)63(41-24-19-38(20-25-41)56(5,6)7)61-48-33-39(57(8,9)10)21-27-49(48)62(51(32-36)54(43)61)40-22-17-37(18-23-40)55(2,3)4/h17-28,31-35H,29-30H2,1-16H3. The third-order valence-electron chi connectivity index (χ3n) is 15.8. The van der Waals surface area contributed by atoms with Crippen molar-refractivity contribution in [3.63, 3.8) is 0 Å². The van der Waals surface area contributed by atoms with Crippen LogP contribution in [0.5, 0.6) is 0 Å². The van der Waals surface area contributed by atoms with E-state index >= 15 is 0 Å². The predicted octanol–water partition coefficient (Wildman–Crippen LogP) is 15.3. The van der Waals surface area contributed by atoms with Crippen LogP contribution in [-0.4, -0.2) is 6.85 Å². The summed E-state index contributed by atoms with van der Waals surface area (Å²) in [5.74, 6) is 0. The van der Waals surface area contributed by atoms with E-state index in [1.165, 1.54) is 113 Å². The van der Waals surface area contributed by atoms with Crippen LogP contribution in [-0.2, 0) is 32.5 Å². The predicted molar refractivity (Wildman–Crippen MR) is 274 cm³/mol. The Labute approximate surface area is 380 Å². The first kappa shape index (κ1) is 42.0. The zero-order valence-electron chi connectivity index (χ0n) is 41.2. The Morgan fingerprint density at radius 3 is 1.56 bits per heavy atom. The van der Waals surface area contributed by atoms with Crippen molar-refractivity contribution in [1.29, 1.82) is 0 Å². The molecule has 2 nitrogen and oxygen atoms in total. The zero-order valence-corrected chi connectivity index (χ0v) is 41.2. The minimum absolute atomic E-state index is 0.0199. The molecule has 0 bridgehead atoms. The van der Waals surface area contributed by atoms with Crippen LogP contribution in [0.4, 0.5) is 28.4 Å². The third kappa shape index (κ3) is 6.25. The van der Waals surface area contributed by atoms with Gasteiger partial charge in [0.05, 0.1) is 0 Å². The first-order valence-corrected chi connectivity index (χ1v) is 23.8. The van der Waals surface area contributed by atoms with Crippen LogP contribution in [0.1, 0.15) is 161 Å². The van der Waals surface area contributed by atoms with E-state index < -0.39 is 0 Å². The van der Waals surface area contributed by atoms with Crippen molar-refractivity contribution in [2.75, 3.05) is 9.71 Å². The first-order chi connectivity index (χ1) is 29.3. The van der Waals surface area contributed by atoms with E-state index in [0.29, 0.717) is 0 Å². The van der Waals surface area contributed by atoms with Crippen molar-refractivity contribution in [3.8, 4) is 22.3 Å². The van der Waals surface area contributed by atoms with E-state index in [-0.39, 0.29) is 39.3 Å². The number of fused-ring (bicyclic) bond motifs is 9. The molecule has 0 aromatic heterocycles. The van der Waals surface area contributed by atoms with Gasteiger partial charge in [0, 0.05) is 39.4 Å². The monoisotopic (exact) mass is 829 g/mol. The summed E-state index contributed by atoms with van der Waals surface area (Å²) in [5.41, 5.74) is 26.1. The van der Waals surface area contributed by atoms with E-state index in [1.54, 1.807) is 5.56 Å². The summed E-state index contributed by atoms with van der Waals surface area (Å²) in [7, 11) is 0. The molecule has 63 heavy (non-hydrogen) atoms. The fourth-order valence-corrected chi connectivity index (χ4v) is 11.7. The molecule has 3 heteroatoms. The molecule has 6 aromatic rings. The average Bonchev–Trinajstić information content (AvgIpc) is 3.43. The molecule has 2 aliphatic carbocycles. The zero-order chi connectivity index (χ0) is 45.1. The molecule has 10 rings (SSSR count). The summed E-state index contributed by atoms with van der Waals surface area (Å²) in [5, 5.41) is 0. The normalized spacial score (nSPS) is 17.7. The molecule has 0 amide bonds. The Hall–Kier alpha value is -5.02. The highest BCUT2D eigenvalue weighted by atomic mass is 15.2. The molecule has 0 saturated heterocycles. The van der Waals surface area contributed by atoms with Gasteiger partial charge in [-0.05, 0) is 167 Å². The second kappa shape index (κ2) is 13.3. The van der Waals surface area contributed by atoms with Crippen LogP contribution in [0.2, 0.25) is 0 Å². The lowest BCUT2D eigenvalue weighted by atomic mass is 9.43. The summed E-state index contributed by atoms with van der Waals surface area (Å²) >= 11 is 0. The summed E-state index contributed by atoms with van der Waals surface area (Å²) < 4.78 is 0. The molecule has 4 aliphatic rings. The van der Waals surface area contributed by atoms with E-state index in [9.17, 15) is 0 Å². The maximum absolute atomic E-state index is 2.73. The van der Waals surface area contributed by atoms with Gasteiger partial charge in [0.15, 0.2) is 0 Å². The Morgan fingerprint density at radius 1 is 0.460 bits per heavy atom. The highest BCUT2D eigenvalue weighted by Crippen LogP contribution is 2.60. The lowest BCUT2D eigenvalue weighted by Gasteiger charge is -2.47. The highest BCUT2D eigenvalue weighted by molar-refractivity contribution is 6.93. The average molecular weight is 829 g/mol. The molecule has 0 fully saturated rings. The molecular weight excluding hydrogens is 759 g/mol. The van der Waals surface area contributed by atoms with E-state index in [4.69, 9.17) is 0 Å². The number of anilines is 5. The molecular formula is C60H69BN2. The van der Waals surface area contributed by atoms with Gasteiger partial charge >= 0.3 is 6.85 Å². The van der Waals surface area contributed by atoms with Gasteiger partial charge in [-0.15, -0.1) is 0 Å². The number of aryl methyl sites for hydroxylation is 1. The maximum atomic E-state index is 2.73. The highest BCUT2D eigenvalue weighted by Gasteiger charge is 2.49. The van der Waals surface area contributed by atoms with E-state index in [2.05, 4.69) is 224 Å². The van der Waals surface area contributed by atoms with Crippen LogP contribution in [0, 0.1) is 6.92 Å². The molecule has 6 aromatic carbocycles. The minimum Gasteiger partial charge on any atom is -0.376 e. The van der Waals surface area contributed by atoms with Crippen LogP contribution >= 0.6 is 0 Å². The van der Waals surface area contributed by atoms with Gasteiger partial charge in [-0.1, -0.05) is 158 Å². The Balaban J connectivity index is 1.33. The van der Waals surface area contributed by atoms with Crippen molar-refractivity contribution in [3.05, 3.63) is 148 Å². The largest absolute Gasteiger partial charge is 0.376 e. The molecule has 0 N–H and O–H groups in total. The topological polar surface area (TPSA) is 6.48 Å². The Kier molecular flexibility index (Phi) is 8.84. The molecule has 0 atom stereocenters. The van der Waals surface area contributed by atoms with Gasteiger partial charge in [-0.2, -0.15) is 0 Å². The molecule has 322 valence electrons. The number of benzene rings is 6. The summed E-state index contributed by atoms with van der Waals surface area (Å²) in [4.78, 5) is 5.31. The summed E-state index contributed by atoms with van der Waals surface area (Å²) in [6.45, 7) is 38.1. The van der Waals surface area contributed by atoms with E-state index in [1.807, 2.05) is 0 Å². The van der Waals surface area contributed by atoms with Crippen molar-refractivity contribution >= 4 is 46.2 Å². The van der Waals surface area contributed by atoms with Gasteiger partial charge in [0.25, 0.3) is 0 Å².